The summed E-state index contributed by atoms with van der Waals surface area (Å²) >= 11 is 0. The summed E-state index contributed by atoms with van der Waals surface area (Å²) in [7, 11) is -4.56. The van der Waals surface area contributed by atoms with E-state index in [1.54, 1.807) is 20.8 Å². The van der Waals surface area contributed by atoms with Crippen LogP contribution in [-0.4, -0.2) is 139 Å². The van der Waals surface area contributed by atoms with Crippen LogP contribution in [0, 0.1) is 0 Å². The summed E-state index contributed by atoms with van der Waals surface area (Å²) in [5.41, 5.74) is 0. The maximum absolute atomic E-state index is 13.0. The number of hydrogen-bond donors (Lipinski definition) is 6. The summed E-state index contributed by atoms with van der Waals surface area (Å²) in [6.07, 6.45) is -9.12. The van der Waals surface area contributed by atoms with Gasteiger partial charge in [-0.1, -0.05) is 4.28 Å². The minimum Gasteiger partial charge on any atom is -0.445 e. The van der Waals surface area contributed by atoms with Crippen LogP contribution in [0.1, 0.15) is 27.7 Å². The summed E-state index contributed by atoms with van der Waals surface area (Å²) < 4.78 is 55.8. The number of aliphatic hydroxyl groups is 5. The Bertz CT molecular complexity index is 879. The van der Waals surface area contributed by atoms with E-state index in [-0.39, 0.29) is 17.2 Å². The van der Waals surface area contributed by atoms with Gasteiger partial charge in [0.15, 0.2) is 18.3 Å². The van der Waals surface area contributed by atoms with Gasteiger partial charge in [-0.2, -0.15) is 17.8 Å². The summed E-state index contributed by atoms with van der Waals surface area (Å²) in [5.74, 6) is -1.95. The van der Waals surface area contributed by atoms with Crippen LogP contribution in [0.25, 0.3) is 0 Å². The van der Waals surface area contributed by atoms with Crippen molar-refractivity contribution in [1.29, 1.82) is 0 Å². The highest BCUT2D eigenvalue weighted by Crippen LogP contribution is 2.37. The molecule has 210 valence electrons. The lowest BCUT2D eigenvalue weighted by atomic mass is 9.93. The fraction of sp³-hybridized carbons (Fsp3) is 0.950. The van der Waals surface area contributed by atoms with Crippen LogP contribution in [0.4, 0.5) is 0 Å². The molecule has 0 aromatic heterocycles. The predicted octanol–water partition coefficient (Wildman–Crippen LogP) is -3.28. The number of aliphatic imine (C=N–C) groups is 1. The first kappa shape index (κ1) is 29.5. The quantitative estimate of drug-likeness (QED) is 0.112. The largest absolute Gasteiger partial charge is 0.445 e. The van der Waals surface area contributed by atoms with E-state index < -0.39 is 78.2 Å². The average molecular weight is 545 g/mol. The van der Waals surface area contributed by atoms with Gasteiger partial charge in [-0.3, -0.25) is 0 Å². The van der Waals surface area contributed by atoms with E-state index in [1.807, 2.05) is 0 Å². The number of fused-ring (bicyclic) bond motifs is 1. The Kier molecular flexibility index (Phi) is 9.34. The van der Waals surface area contributed by atoms with Gasteiger partial charge in [-0.15, -0.1) is 0 Å². The summed E-state index contributed by atoms with van der Waals surface area (Å²) in [4.78, 5) is 4.15. The third-order valence-electron chi connectivity index (χ3n) is 6.95. The fourth-order valence-electron chi connectivity index (χ4n) is 4.64. The second-order valence-corrected chi connectivity index (χ2v) is 10.3. The Morgan fingerprint density at radius 3 is 2.28 bits per heavy atom. The molecular weight excluding hydrogens is 506 g/mol. The maximum Gasteiger partial charge on any atom is 0.381 e. The highest BCUT2D eigenvalue weighted by molar-refractivity contribution is 7.84. The summed E-state index contributed by atoms with van der Waals surface area (Å²) in [6, 6.07) is -2.56. The SMILES string of the molecule is CC[N+](CC)(CC)OS(=O)(=O)N[C@H]1[C@H](O[C@@H]2[C@@H](CO)OC[C@@H]3N=C(C)O[C@@]32O)O[C@H](CO)[C@@H](O)[C@@H]1O. The number of nitrogens with zero attached hydrogens (tertiary/aromatic N) is 2. The average Bonchev–Trinajstić information content (AvgIpc) is 3.16. The second-order valence-electron chi connectivity index (χ2n) is 9.01. The Hall–Kier alpha value is -1.02. The number of aliphatic hydroxyl groups excluding tert-OH is 4. The van der Waals surface area contributed by atoms with Crippen molar-refractivity contribution in [3.05, 3.63) is 0 Å². The van der Waals surface area contributed by atoms with Crippen molar-refractivity contribution < 1.29 is 61.8 Å². The van der Waals surface area contributed by atoms with Gasteiger partial charge in [0.25, 0.3) is 5.79 Å². The fourth-order valence-corrected chi connectivity index (χ4v) is 6.00. The molecular formula is C20H38N3O12S+. The third-order valence-corrected chi connectivity index (χ3v) is 8.02. The number of hydrogen-bond acceptors (Lipinski definition) is 13. The number of nitrogens with one attached hydrogen (secondary N) is 1. The molecule has 36 heavy (non-hydrogen) atoms. The van der Waals surface area contributed by atoms with Crippen molar-refractivity contribution in [3.63, 3.8) is 0 Å². The number of ether oxygens (including phenoxy) is 4. The lowest BCUT2D eigenvalue weighted by Gasteiger charge is -2.47. The van der Waals surface area contributed by atoms with Crippen LogP contribution in [0.15, 0.2) is 4.99 Å². The topological polar surface area (TPSA) is 206 Å². The molecule has 0 bridgehead atoms. The Balaban J connectivity index is 1.91. The number of hydroxylamine groups is 3. The molecule has 15 nitrogen and oxygen atoms in total. The first-order valence-corrected chi connectivity index (χ1v) is 13.4. The minimum absolute atomic E-state index is 0.0833. The molecule has 6 N–H and O–H groups in total. The van der Waals surface area contributed by atoms with Crippen molar-refractivity contribution in [2.75, 3.05) is 39.5 Å². The summed E-state index contributed by atoms with van der Waals surface area (Å²) in [5, 5.41) is 51.9. The van der Waals surface area contributed by atoms with Crippen LogP contribution >= 0.6 is 0 Å². The molecule has 9 atom stereocenters. The molecule has 3 aliphatic rings. The monoisotopic (exact) mass is 544 g/mol. The molecule has 3 rings (SSSR count). The van der Waals surface area contributed by atoms with E-state index in [4.69, 9.17) is 23.2 Å². The van der Waals surface area contributed by atoms with Crippen molar-refractivity contribution in [2.24, 2.45) is 4.99 Å². The van der Waals surface area contributed by atoms with E-state index >= 15 is 0 Å². The van der Waals surface area contributed by atoms with Gasteiger partial charge in [0.1, 0.15) is 56.1 Å². The van der Waals surface area contributed by atoms with Crippen molar-refractivity contribution >= 4 is 16.2 Å². The van der Waals surface area contributed by atoms with Crippen LogP contribution in [0.5, 0.6) is 0 Å². The van der Waals surface area contributed by atoms with Crippen LogP contribution in [0.2, 0.25) is 0 Å². The standard InChI is InChI=1S/C20H38N3O12S/c1-5-23(6-2,7-3)35-36(29,30)22-15-17(27)16(26)12(8-24)32-19(15)33-18-13(9-25)31-10-14-20(18,28)34-11(4)21-14/h12-19,22,24-28H,5-10H2,1-4H3/q+1/t12-,13-,14+,15-,16-,17-,18-,19+,20+/m1/s1. The van der Waals surface area contributed by atoms with E-state index in [9.17, 15) is 34.0 Å². The van der Waals surface area contributed by atoms with Crippen molar-refractivity contribution in [2.45, 2.75) is 82.4 Å². The zero-order valence-electron chi connectivity index (χ0n) is 20.8. The molecule has 3 heterocycles. The zero-order valence-corrected chi connectivity index (χ0v) is 21.6. The van der Waals surface area contributed by atoms with Crippen LogP contribution in [0.3, 0.4) is 0 Å². The molecule has 16 heteroatoms. The smallest absolute Gasteiger partial charge is 0.381 e. The lowest BCUT2D eigenvalue weighted by molar-refractivity contribution is -1.08. The zero-order chi connectivity index (χ0) is 26.9. The number of rotatable bonds is 11. The van der Waals surface area contributed by atoms with Gasteiger partial charge >= 0.3 is 10.3 Å². The third kappa shape index (κ3) is 5.69. The Morgan fingerprint density at radius 2 is 1.72 bits per heavy atom. The molecule has 0 unspecified atom stereocenters. The maximum atomic E-state index is 13.0. The summed E-state index contributed by atoms with van der Waals surface area (Å²) in [6.45, 7) is 6.34. The Morgan fingerprint density at radius 1 is 1.11 bits per heavy atom. The molecule has 3 aliphatic heterocycles. The lowest BCUT2D eigenvalue weighted by Crippen LogP contribution is -2.69. The van der Waals surface area contributed by atoms with E-state index in [2.05, 4.69) is 9.71 Å². The number of quaternary nitrogens is 1. The van der Waals surface area contributed by atoms with Gasteiger partial charge in [0.2, 0.25) is 0 Å². The normalized spacial score (nSPS) is 39.4. The van der Waals surface area contributed by atoms with Crippen LogP contribution < -0.4 is 4.72 Å². The van der Waals surface area contributed by atoms with Gasteiger partial charge in [0, 0.05) is 6.92 Å². The molecule has 0 spiro atoms. The van der Waals surface area contributed by atoms with Gasteiger partial charge in [-0.25, -0.2) is 4.99 Å². The van der Waals surface area contributed by atoms with E-state index in [0.29, 0.717) is 19.6 Å². The minimum atomic E-state index is -4.56. The molecule has 0 amide bonds. The van der Waals surface area contributed by atoms with Crippen molar-refractivity contribution in [3.8, 4) is 0 Å². The first-order valence-electron chi connectivity index (χ1n) is 11.9. The van der Waals surface area contributed by atoms with E-state index in [1.165, 1.54) is 6.92 Å². The highest BCUT2D eigenvalue weighted by Gasteiger charge is 2.60. The van der Waals surface area contributed by atoms with Gasteiger partial charge < -0.3 is 44.5 Å². The highest BCUT2D eigenvalue weighted by atomic mass is 32.2. The molecule has 0 radical (unpaired) electrons. The van der Waals surface area contributed by atoms with Crippen molar-refractivity contribution in [1.82, 2.24) is 4.72 Å². The molecule has 0 aromatic carbocycles. The van der Waals surface area contributed by atoms with Gasteiger partial charge in [0.05, 0.1) is 19.8 Å². The van der Waals surface area contributed by atoms with E-state index in [0.717, 1.165) is 0 Å². The first-order chi connectivity index (χ1) is 16.9. The van der Waals surface area contributed by atoms with Gasteiger partial charge in [-0.05, 0) is 20.8 Å². The second kappa shape index (κ2) is 11.4. The molecule has 0 aliphatic carbocycles. The Labute approximate surface area is 210 Å². The molecule has 2 saturated heterocycles. The van der Waals surface area contributed by atoms with Crippen LogP contribution in [-0.2, 0) is 33.5 Å². The molecule has 0 aromatic rings. The molecule has 0 saturated carbocycles. The molecule has 2 fully saturated rings. The predicted molar refractivity (Wildman–Crippen MR) is 121 cm³/mol.